The Morgan fingerprint density at radius 2 is 1.16 bits per heavy atom. The van der Waals surface area contributed by atoms with Crippen LogP contribution in [0, 0.1) is 37.5 Å². The number of carbonyl (C=O) groups is 3. The van der Waals surface area contributed by atoms with Crippen LogP contribution in [-0.4, -0.2) is 65.7 Å². The topological polar surface area (TPSA) is 118 Å². The number of Topliss-reactive ketones (excluding diaryl/α,β-unsaturated/α-hetero) is 2. The Kier molecular flexibility index (Phi) is 11.9. The summed E-state index contributed by atoms with van der Waals surface area (Å²) in [5.74, 6) is -2.44. The Labute approximate surface area is 333 Å². The molecule has 1 N–H and O–H groups in total. The molecule has 0 amide bonds. The van der Waals surface area contributed by atoms with E-state index in [4.69, 9.17) is 23.7 Å². The Morgan fingerprint density at radius 3 is 1.59 bits per heavy atom. The molecule has 9 nitrogen and oxygen atoms in total. The van der Waals surface area contributed by atoms with Crippen molar-refractivity contribution in [2.45, 2.75) is 150 Å². The number of aliphatic hydroxyl groups excluding tert-OH is 1. The van der Waals surface area contributed by atoms with Gasteiger partial charge in [0.05, 0.1) is 43.0 Å². The van der Waals surface area contributed by atoms with Crippen LogP contribution in [0.1, 0.15) is 126 Å². The van der Waals surface area contributed by atoms with Gasteiger partial charge in [-0.1, -0.05) is 63.1 Å². The summed E-state index contributed by atoms with van der Waals surface area (Å²) in [5, 5.41) is 11.1. The predicted octanol–water partition coefficient (Wildman–Crippen LogP) is 8.47. The van der Waals surface area contributed by atoms with Gasteiger partial charge in [-0.2, -0.15) is 0 Å². The van der Waals surface area contributed by atoms with Gasteiger partial charge in [-0.25, -0.2) is 0 Å². The molecule has 7 rings (SSSR count). The molecule has 0 aromatic heterocycles. The number of ketones is 2. The van der Waals surface area contributed by atoms with Gasteiger partial charge in [0.25, 0.3) is 0 Å². The Morgan fingerprint density at radius 1 is 0.714 bits per heavy atom. The molecule has 56 heavy (non-hydrogen) atoms. The Balaban J connectivity index is 0.000000190. The third kappa shape index (κ3) is 8.03. The number of carbonyl (C=O) groups excluding carboxylic acids is 3. The smallest absolute Gasteiger partial charge is 0.309 e. The number of allylic oxidation sites excluding steroid dienone is 2. The van der Waals surface area contributed by atoms with E-state index < -0.39 is 34.6 Å². The third-order valence-corrected chi connectivity index (χ3v) is 12.9. The molecule has 2 aromatic carbocycles. The van der Waals surface area contributed by atoms with Crippen LogP contribution in [0.4, 0.5) is 0 Å². The van der Waals surface area contributed by atoms with E-state index in [-0.39, 0.29) is 35.1 Å². The van der Waals surface area contributed by atoms with E-state index >= 15 is 0 Å². The molecule has 2 aliphatic heterocycles. The first-order valence-corrected chi connectivity index (χ1v) is 20.8. The molecule has 306 valence electrons. The largest absolute Gasteiger partial charge is 0.511 e. The number of aliphatic hydroxyl groups is 1. The highest BCUT2D eigenvalue weighted by molar-refractivity contribution is 6.25. The number of aryl methyl sites for hydroxylation is 6. The minimum atomic E-state index is -0.694. The second-order valence-electron chi connectivity index (χ2n) is 17.9. The Bertz CT molecular complexity index is 1850. The van der Waals surface area contributed by atoms with E-state index in [1.807, 2.05) is 27.7 Å². The lowest BCUT2D eigenvalue weighted by atomic mass is 9.85. The number of hydrogen-bond donors (Lipinski definition) is 1. The number of esters is 1. The molecule has 0 radical (unpaired) electrons. The normalized spacial score (nSPS) is 29.9. The summed E-state index contributed by atoms with van der Waals surface area (Å²) in [4.78, 5) is 39.4. The van der Waals surface area contributed by atoms with Crippen LogP contribution >= 0.6 is 0 Å². The van der Waals surface area contributed by atoms with Crippen LogP contribution in [0.5, 0.6) is 0 Å². The van der Waals surface area contributed by atoms with Crippen LogP contribution in [-0.2, 0) is 70.2 Å². The summed E-state index contributed by atoms with van der Waals surface area (Å²) in [6, 6.07) is 8.64. The zero-order chi connectivity index (χ0) is 41.0. The molecule has 2 saturated heterocycles. The van der Waals surface area contributed by atoms with E-state index in [9.17, 15) is 19.5 Å². The lowest BCUT2D eigenvalue weighted by Crippen LogP contribution is -2.32. The lowest BCUT2D eigenvalue weighted by molar-refractivity contribution is -0.162. The summed E-state index contributed by atoms with van der Waals surface area (Å²) in [6.45, 7) is 21.1. The SMILES string of the molecule is CCc1cc(C)cc(CC)c1C1=C(O)C2CC3(COC(C)(C)O3)CC2C1=O.CCc1cc(C)cc(CC)c1CC(=O)C1CC2(COC(C)(C)O2)CC1C(=O)OC. The standard InChI is InChI=1S/C24H34O5.C23H30O4/c1-7-16-9-15(3)10-17(8-2)18(16)11-21(25)19-12-24(13-20(19)22(26)27-6)14-28-23(4,5)29-24;1-6-14-8-13(3)9-15(7-2)18(14)19-20(24)16-10-23(11-17(16)21(19)25)12-26-22(4,5)27-23/h9-10,19-20H,7-8,11-14H2,1-6H3;8-9,16-17,24H,6-7,10-12H2,1-5H3. The van der Waals surface area contributed by atoms with Gasteiger partial charge in [0, 0.05) is 24.2 Å². The van der Waals surface area contributed by atoms with Crippen LogP contribution in [0.2, 0.25) is 0 Å². The van der Waals surface area contributed by atoms with Gasteiger partial charge in [0.2, 0.25) is 0 Å². The van der Waals surface area contributed by atoms with E-state index in [2.05, 4.69) is 65.8 Å². The maximum Gasteiger partial charge on any atom is 0.309 e. The fourth-order valence-corrected chi connectivity index (χ4v) is 10.5. The van der Waals surface area contributed by atoms with Crippen molar-refractivity contribution in [1.82, 2.24) is 0 Å². The summed E-state index contributed by atoms with van der Waals surface area (Å²) in [7, 11) is 1.38. The molecule has 2 saturated carbocycles. The second kappa shape index (κ2) is 15.8. The number of methoxy groups -OCH3 is 1. The zero-order valence-electron chi connectivity index (χ0n) is 35.6. The van der Waals surface area contributed by atoms with Crippen molar-refractivity contribution < 1.29 is 43.2 Å². The molecule has 6 atom stereocenters. The van der Waals surface area contributed by atoms with E-state index in [1.165, 1.54) is 29.4 Å². The highest BCUT2D eigenvalue weighted by Crippen LogP contribution is 2.56. The summed E-state index contributed by atoms with van der Waals surface area (Å²) in [5.41, 5.74) is 8.80. The Hall–Kier alpha value is -3.37. The van der Waals surface area contributed by atoms with Gasteiger partial charge < -0.3 is 28.8 Å². The highest BCUT2D eigenvalue weighted by atomic mass is 16.8. The average Bonchev–Trinajstić information content (AvgIpc) is 3.93. The molecule has 5 aliphatic rings. The molecule has 2 heterocycles. The molecule has 2 aromatic rings. The fraction of sp³-hybridized carbons (Fsp3) is 0.638. The number of hydrogen-bond acceptors (Lipinski definition) is 9. The molecular formula is C47H64O9. The van der Waals surface area contributed by atoms with Gasteiger partial charge in [0.1, 0.15) is 11.5 Å². The van der Waals surface area contributed by atoms with Gasteiger partial charge in [-0.3, -0.25) is 14.4 Å². The summed E-state index contributed by atoms with van der Waals surface area (Å²) >= 11 is 0. The van der Waals surface area contributed by atoms with Crippen molar-refractivity contribution >= 4 is 23.1 Å². The van der Waals surface area contributed by atoms with Gasteiger partial charge >= 0.3 is 5.97 Å². The number of fused-ring (bicyclic) bond motifs is 1. The first-order valence-electron chi connectivity index (χ1n) is 20.8. The summed E-state index contributed by atoms with van der Waals surface area (Å²) in [6.07, 6.45) is 6.06. The van der Waals surface area contributed by atoms with Crippen molar-refractivity contribution in [2.75, 3.05) is 20.3 Å². The number of ether oxygens (including phenoxy) is 5. The summed E-state index contributed by atoms with van der Waals surface area (Å²) < 4.78 is 28.9. The molecule has 4 fully saturated rings. The van der Waals surface area contributed by atoms with E-state index in [1.54, 1.807) is 0 Å². The van der Waals surface area contributed by atoms with Crippen molar-refractivity contribution in [3.63, 3.8) is 0 Å². The van der Waals surface area contributed by atoms with Crippen LogP contribution in [0.15, 0.2) is 30.0 Å². The van der Waals surface area contributed by atoms with E-state index in [0.717, 1.165) is 47.9 Å². The minimum absolute atomic E-state index is 0.0796. The van der Waals surface area contributed by atoms with Crippen LogP contribution < -0.4 is 0 Å². The second-order valence-corrected chi connectivity index (χ2v) is 17.9. The van der Waals surface area contributed by atoms with E-state index in [0.29, 0.717) is 50.9 Å². The maximum atomic E-state index is 13.5. The molecular weight excluding hydrogens is 709 g/mol. The van der Waals surface area contributed by atoms with Crippen molar-refractivity contribution in [2.24, 2.45) is 23.7 Å². The van der Waals surface area contributed by atoms with Crippen molar-refractivity contribution in [3.05, 3.63) is 74.5 Å². The van der Waals surface area contributed by atoms with Gasteiger partial charge in [0.15, 0.2) is 17.4 Å². The quantitative estimate of drug-likeness (QED) is 0.251. The first kappa shape index (κ1) is 42.2. The van der Waals surface area contributed by atoms with Gasteiger partial charge in [-0.15, -0.1) is 0 Å². The van der Waals surface area contributed by atoms with Crippen LogP contribution in [0.3, 0.4) is 0 Å². The molecule has 2 spiro atoms. The fourth-order valence-electron chi connectivity index (χ4n) is 10.5. The number of rotatable bonds is 9. The molecule has 3 aliphatic carbocycles. The lowest BCUT2D eigenvalue weighted by Gasteiger charge is -2.25. The molecule has 9 heteroatoms. The van der Waals surface area contributed by atoms with Crippen molar-refractivity contribution in [3.8, 4) is 0 Å². The highest BCUT2D eigenvalue weighted by Gasteiger charge is 2.60. The maximum absolute atomic E-state index is 13.5. The number of benzene rings is 2. The predicted molar refractivity (Wildman–Crippen MR) is 215 cm³/mol. The zero-order valence-corrected chi connectivity index (χ0v) is 35.6. The average molecular weight is 773 g/mol. The van der Waals surface area contributed by atoms with Gasteiger partial charge in [-0.05, 0) is 126 Å². The first-order chi connectivity index (χ1) is 26.3. The minimum Gasteiger partial charge on any atom is -0.511 e. The molecule has 0 bridgehead atoms. The molecule has 6 unspecified atom stereocenters. The monoisotopic (exact) mass is 772 g/mol. The third-order valence-electron chi connectivity index (χ3n) is 12.9. The van der Waals surface area contributed by atoms with Crippen molar-refractivity contribution in [1.29, 1.82) is 0 Å². The van der Waals surface area contributed by atoms with Crippen LogP contribution in [0.25, 0.3) is 5.57 Å².